The number of fused-ring (bicyclic) bond motifs is 1. The Hall–Kier alpha value is -4.67. The van der Waals surface area contributed by atoms with Crippen molar-refractivity contribution in [3.8, 4) is 17.1 Å². The summed E-state index contributed by atoms with van der Waals surface area (Å²) in [5.74, 6) is -0.200. The molecular weight excluding hydrogens is 576 g/mol. The highest BCUT2D eigenvalue weighted by molar-refractivity contribution is 5.86. The minimum Gasteiger partial charge on any atom is -0.491 e. The third kappa shape index (κ3) is 7.96. The molecule has 0 fully saturated rings. The number of aryl methyl sites for hydroxylation is 1. The molecule has 0 aliphatic heterocycles. The van der Waals surface area contributed by atoms with E-state index in [1.54, 1.807) is 17.4 Å². The van der Waals surface area contributed by atoms with Crippen molar-refractivity contribution < 1.29 is 35.8 Å². The highest BCUT2D eigenvalue weighted by Gasteiger charge is 2.36. The molecule has 4 rings (SSSR count). The number of hydrogen-bond donors (Lipinski definition) is 3. The molecule has 1 aromatic carbocycles. The molecule has 0 atom stereocenters. The number of aromatic amines is 1. The fourth-order valence-electron chi connectivity index (χ4n) is 3.76. The molecule has 0 saturated carbocycles. The molecule has 226 valence electrons. The summed E-state index contributed by atoms with van der Waals surface area (Å²) < 4.78 is 85.1. The molecule has 17 heteroatoms. The number of rotatable bonds is 9. The average molecular weight is 602 g/mol. The number of nitrogens with one attached hydrogen (secondary N) is 1. The number of pyridine rings is 1. The molecule has 3 heterocycles. The largest absolute Gasteiger partial charge is 0.491 e. The molecule has 4 aromatic rings. The van der Waals surface area contributed by atoms with Crippen molar-refractivity contribution in [2.45, 2.75) is 38.6 Å². The molecule has 0 bridgehead atoms. The lowest BCUT2D eigenvalue weighted by Crippen LogP contribution is -2.24. The van der Waals surface area contributed by atoms with Crippen molar-refractivity contribution in [3.05, 3.63) is 68.9 Å². The minimum absolute atomic E-state index is 0.0315. The SMILES string of the molecule is COc1cnc(-c2cc3ccn(CCCCCOC(F)F)c(=O)c3cc2F)nc1N.Nc1cn[nH]c(=O)c1C(F)(F)F. The summed E-state index contributed by atoms with van der Waals surface area (Å²) in [6.07, 6.45) is 0.676. The van der Waals surface area contributed by atoms with Crippen LogP contribution in [0.3, 0.4) is 0 Å². The van der Waals surface area contributed by atoms with Gasteiger partial charge in [-0.3, -0.25) is 9.59 Å². The van der Waals surface area contributed by atoms with Gasteiger partial charge in [0.25, 0.3) is 11.1 Å². The second kappa shape index (κ2) is 13.8. The van der Waals surface area contributed by atoms with Crippen LogP contribution in [-0.2, 0) is 17.5 Å². The Kier molecular flexibility index (Phi) is 10.5. The summed E-state index contributed by atoms with van der Waals surface area (Å²) in [5, 5.41) is 5.50. The molecular formula is C25H25F6N7O4. The molecule has 0 unspecified atom stereocenters. The Labute approximate surface area is 233 Å². The first-order valence-electron chi connectivity index (χ1n) is 12.1. The maximum absolute atomic E-state index is 14.7. The van der Waals surface area contributed by atoms with Crippen molar-refractivity contribution in [2.24, 2.45) is 0 Å². The predicted molar refractivity (Wildman–Crippen MR) is 140 cm³/mol. The van der Waals surface area contributed by atoms with Gasteiger partial charge in [-0.15, -0.1) is 0 Å². The van der Waals surface area contributed by atoms with Gasteiger partial charge in [0.05, 0.1) is 42.7 Å². The van der Waals surface area contributed by atoms with Crippen molar-refractivity contribution in [1.29, 1.82) is 0 Å². The van der Waals surface area contributed by atoms with Gasteiger partial charge in [-0.2, -0.15) is 27.1 Å². The van der Waals surface area contributed by atoms with Crippen LogP contribution in [0.15, 0.2) is 46.4 Å². The summed E-state index contributed by atoms with van der Waals surface area (Å²) >= 11 is 0. The second-order valence-electron chi connectivity index (χ2n) is 8.60. The van der Waals surface area contributed by atoms with Gasteiger partial charge in [-0.05, 0) is 42.8 Å². The molecule has 3 aromatic heterocycles. The number of aromatic nitrogens is 5. The Morgan fingerprint density at radius 2 is 1.83 bits per heavy atom. The summed E-state index contributed by atoms with van der Waals surface area (Å²) in [6.45, 7) is -2.41. The van der Waals surface area contributed by atoms with Crippen LogP contribution < -0.4 is 27.3 Å². The van der Waals surface area contributed by atoms with E-state index in [1.807, 2.05) is 0 Å². The first kappa shape index (κ1) is 31.9. The molecule has 0 aliphatic carbocycles. The molecule has 0 saturated heterocycles. The third-order valence-corrected chi connectivity index (χ3v) is 5.76. The number of unbranched alkanes of at least 4 members (excludes halogenated alkanes) is 2. The number of benzene rings is 1. The zero-order chi connectivity index (χ0) is 31.0. The van der Waals surface area contributed by atoms with Gasteiger partial charge in [-0.1, -0.05) is 0 Å². The van der Waals surface area contributed by atoms with Crippen LogP contribution in [-0.4, -0.2) is 45.1 Å². The van der Waals surface area contributed by atoms with E-state index in [-0.39, 0.29) is 40.5 Å². The number of halogens is 6. The van der Waals surface area contributed by atoms with E-state index in [4.69, 9.17) is 16.2 Å². The van der Waals surface area contributed by atoms with Gasteiger partial charge in [0.2, 0.25) is 0 Å². The van der Waals surface area contributed by atoms with Crippen LogP contribution in [0.2, 0.25) is 0 Å². The molecule has 0 amide bonds. The van der Waals surface area contributed by atoms with Crippen LogP contribution in [0, 0.1) is 5.82 Å². The summed E-state index contributed by atoms with van der Waals surface area (Å²) in [7, 11) is 1.42. The number of anilines is 2. The summed E-state index contributed by atoms with van der Waals surface area (Å²) in [6, 6.07) is 4.36. The quantitative estimate of drug-likeness (QED) is 0.190. The number of nitrogens with zero attached hydrogens (tertiary/aromatic N) is 4. The second-order valence-corrected chi connectivity index (χ2v) is 8.60. The van der Waals surface area contributed by atoms with Crippen LogP contribution >= 0.6 is 0 Å². The molecule has 5 N–H and O–H groups in total. The first-order valence-corrected chi connectivity index (χ1v) is 12.1. The van der Waals surface area contributed by atoms with Gasteiger partial charge < -0.3 is 25.5 Å². The average Bonchev–Trinajstić information content (AvgIpc) is 2.91. The number of nitrogen functional groups attached to an aromatic ring is 2. The molecule has 0 aliphatic rings. The zero-order valence-electron chi connectivity index (χ0n) is 21.9. The number of nitrogens with two attached hydrogens (primary N) is 2. The Bertz CT molecular complexity index is 1640. The van der Waals surface area contributed by atoms with Gasteiger partial charge in [0.1, 0.15) is 11.4 Å². The lowest BCUT2D eigenvalue weighted by atomic mass is 10.1. The van der Waals surface area contributed by atoms with Crippen molar-refractivity contribution in [2.75, 3.05) is 25.2 Å². The fraction of sp³-hybridized carbons (Fsp3) is 0.320. The molecule has 0 radical (unpaired) electrons. The van der Waals surface area contributed by atoms with E-state index >= 15 is 0 Å². The lowest BCUT2D eigenvalue weighted by molar-refractivity contribution is -0.138. The topological polar surface area (TPSA) is 164 Å². The smallest absolute Gasteiger partial charge is 0.423 e. The molecule has 11 nitrogen and oxygen atoms in total. The zero-order valence-corrected chi connectivity index (χ0v) is 21.9. The highest BCUT2D eigenvalue weighted by Crippen LogP contribution is 2.29. The van der Waals surface area contributed by atoms with Crippen LogP contribution in [0.4, 0.5) is 37.8 Å². The number of hydrogen-bond acceptors (Lipinski definition) is 9. The fourth-order valence-corrected chi connectivity index (χ4v) is 3.76. The van der Waals surface area contributed by atoms with Crippen molar-refractivity contribution in [1.82, 2.24) is 24.7 Å². The number of H-pyrrole nitrogens is 1. The van der Waals surface area contributed by atoms with Crippen LogP contribution in [0.1, 0.15) is 24.8 Å². The first-order chi connectivity index (χ1) is 19.8. The normalized spacial score (nSPS) is 11.4. The van der Waals surface area contributed by atoms with Gasteiger partial charge in [0, 0.05) is 12.7 Å². The summed E-state index contributed by atoms with van der Waals surface area (Å²) in [4.78, 5) is 31.4. The van der Waals surface area contributed by atoms with E-state index in [2.05, 4.69) is 19.8 Å². The van der Waals surface area contributed by atoms with Gasteiger partial charge in [0.15, 0.2) is 17.4 Å². The van der Waals surface area contributed by atoms with Crippen LogP contribution in [0.25, 0.3) is 22.2 Å². The van der Waals surface area contributed by atoms with Gasteiger partial charge in [-0.25, -0.2) is 19.5 Å². The maximum atomic E-state index is 14.7. The van der Waals surface area contributed by atoms with E-state index in [1.165, 1.54) is 23.9 Å². The number of alkyl halides is 5. The Morgan fingerprint density at radius 1 is 1.10 bits per heavy atom. The number of ether oxygens (including phenoxy) is 2. The predicted octanol–water partition coefficient (Wildman–Crippen LogP) is 3.97. The summed E-state index contributed by atoms with van der Waals surface area (Å²) in [5.41, 5.74) is 7.05. The van der Waals surface area contributed by atoms with Crippen LogP contribution in [0.5, 0.6) is 5.75 Å². The Balaban J connectivity index is 0.000000337. The highest BCUT2D eigenvalue weighted by atomic mass is 19.4. The van der Waals surface area contributed by atoms with Gasteiger partial charge >= 0.3 is 12.8 Å². The monoisotopic (exact) mass is 601 g/mol. The van der Waals surface area contributed by atoms with E-state index in [0.29, 0.717) is 31.2 Å². The molecule has 0 spiro atoms. The van der Waals surface area contributed by atoms with Crippen molar-refractivity contribution in [3.63, 3.8) is 0 Å². The van der Waals surface area contributed by atoms with E-state index in [9.17, 15) is 35.9 Å². The molecule has 42 heavy (non-hydrogen) atoms. The number of methoxy groups -OCH3 is 1. The standard InChI is InChI=1S/C20H21F3N4O3.C5H4F3N3O/c1-29-16-11-25-18(26-17(16)24)14-9-12-5-7-27(19(28)13(12)10-15(14)21)6-3-2-4-8-30-20(22)23;6-5(7,8)3-2(9)1-10-11-4(3)12/h5,7,9-11,20H,2-4,6,8H2,1H3,(H2,24,25,26);1H,(H3,9,11,12). The lowest BCUT2D eigenvalue weighted by Gasteiger charge is -2.10. The van der Waals surface area contributed by atoms with E-state index in [0.717, 1.165) is 12.3 Å². The minimum atomic E-state index is -4.74. The Morgan fingerprint density at radius 3 is 2.43 bits per heavy atom. The van der Waals surface area contributed by atoms with Crippen molar-refractivity contribution >= 4 is 22.3 Å². The third-order valence-electron chi connectivity index (χ3n) is 5.76. The van der Waals surface area contributed by atoms with E-state index < -0.39 is 35.4 Å². The maximum Gasteiger partial charge on any atom is 0.423 e.